The van der Waals surface area contributed by atoms with E-state index >= 15 is 0 Å². The number of carbonyl (C=O) groups excluding carboxylic acids is 1. The minimum Gasteiger partial charge on any atom is -0.494 e. The second-order valence-electron chi connectivity index (χ2n) is 4.10. The third-order valence-corrected chi connectivity index (χ3v) is 4.79. The van der Waals surface area contributed by atoms with Crippen LogP contribution in [0.15, 0.2) is 24.3 Å². The number of ether oxygens (including phenoxy) is 1. The number of sulfone groups is 1. The summed E-state index contributed by atoms with van der Waals surface area (Å²) in [5, 5.41) is 1.27. The van der Waals surface area contributed by atoms with Crippen LogP contribution in [-0.4, -0.2) is 33.2 Å². The van der Waals surface area contributed by atoms with Gasteiger partial charge >= 0.3 is 0 Å². The highest BCUT2D eigenvalue weighted by atomic mass is 32.2. The predicted octanol–water partition coefficient (Wildman–Crippen LogP) is 1.13. The van der Waals surface area contributed by atoms with Gasteiger partial charge < -0.3 is 10.1 Å². The van der Waals surface area contributed by atoms with Gasteiger partial charge in [-0.15, -0.1) is 0 Å². The molecule has 1 N–H and O–H groups in total. The number of nitrogens with one attached hydrogen (secondary N) is 1. The summed E-state index contributed by atoms with van der Waals surface area (Å²) in [5.74, 6) is -0.177. The van der Waals surface area contributed by atoms with Gasteiger partial charge in [0.05, 0.1) is 12.4 Å². The van der Waals surface area contributed by atoms with Gasteiger partial charge in [-0.05, 0) is 19.9 Å². The van der Waals surface area contributed by atoms with E-state index in [9.17, 15) is 13.2 Å². The monoisotopic (exact) mass is 285 g/mol. The van der Waals surface area contributed by atoms with Crippen LogP contribution in [0.25, 0.3) is 0 Å². The third kappa shape index (κ3) is 3.96. The van der Waals surface area contributed by atoms with Crippen LogP contribution in [0.2, 0.25) is 0 Å². The van der Waals surface area contributed by atoms with Gasteiger partial charge in [0, 0.05) is 12.6 Å². The standard InChI is InChI=1S/C13H19NO4S/c1-4-18-12-8-6-5-7-11(12)9-19(16,17)10(2)13(15)14-3/h5-8,10H,4,9H2,1-3H3,(H,14,15)/t10-/m0/s1. The third-order valence-electron chi connectivity index (χ3n) is 2.78. The lowest BCUT2D eigenvalue weighted by molar-refractivity contribution is -0.119. The fourth-order valence-electron chi connectivity index (χ4n) is 1.63. The lowest BCUT2D eigenvalue weighted by Gasteiger charge is -2.14. The highest BCUT2D eigenvalue weighted by Crippen LogP contribution is 2.22. The predicted molar refractivity (Wildman–Crippen MR) is 73.8 cm³/mol. The van der Waals surface area contributed by atoms with Gasteiger partial charge in [0.1, 0.15) is 11.0 Å². The van der Waals surface area contributed by atoms with E-state index in [-0.39, 0.29) is 5.75 Å². The van der Waals surface area contributed by atoms with Crippen molar-refractivity contribution in [3.05, 3.63) is 29.8 Å². The molecule has 0 bridgehead atoms. The number of benzene rings is 1. The Bertz CT molecular complexity index is 539. The van der Waals surface area contributed by atoms with Crippen LogP contribution in [0.5, 0.6) is 5.75 Å². The lowest BCUT2D eigenvalue weighted by atomic mass is 10.2. The Hall–Kier alpha value is -1.56. The van der Waals surface area contributed by atoms with Crippen molar-refractivity contribution >= 4 is 15.7 Å². The van der Waals surface area contributed by atoms with E-state index in [0.29, 0.717) is 17.9 Å². The van der Waals surface area contributed by atoms with Crippen LogP contribution in [0, 0.1) is 0 Å². The number of amides is 1. The van der Waals surface area contributed by atoms with Crippen molar-refractivity contribution in [1.82, 2.24) is 5.32 Å². The average Bonchev–Trinajstić information content (AvgIpc) is 2.39. The summed E-state index contributed by atoms with van der Waals surface area (Å²) in [6, 6.07) is 6.94. The molecule has 1 aromatic rings. The zero-order valence-electron chi connectivity index (χ0n) is 11.3. The summed E-state index contributed by atoms with van der Waals surface area (Å²) in [7, 11) is -2.14. The lowest BCUT2D eigenvalue weighted by Crippen LogP contribution is -2.36. The van der Waals surface area contributed by atoms with Gasteiger partial charge in [0.15, 0.2) is 9.84 Å². The van der Waals surface area contributed by atoms with Gasteiger partial charge in [-0.25, -0.2) is 8.42 Å². The molecule has 19 heavy (non-hydrogen) atoms. The first-order valence-corrected chi connectivity index (χ1v) is 7.77. The molecule has 0 aliphatic rings. The molecule has 0 heterocycles. The van der Waals surface area contributed by atoms with Crippen LogP contribution in [-0.2, 0) is 20.4 Å². The van der Waals surface area contributed by atoms with Crippen LogP contribution in [0.4, 0.5) is 0 Å². The summed E-state index contributed by atoms with van der Waals surface area (Å²) in [6.07, 6.45) is 0. The Morgan fingerprint density at radius 3 is 2.58 bits per heavy atom. The molecule has 0 aromatic heterocycles. The van der Waals surface area contributed by atoms with E-state index in [0.717, 1.165) is 0 Å². The molecule has 0 radical (unpaired) electrons. The molecule has 0 aliphatic heterocycles. The van der Waals surface area contributed by atoms with Gasteiger partial charge in [0.2, 0.25) is 5.91 Å². The molecular weight excluding hydrogens is 266 g/mol. The maximum absolute atomic E-state index is 12.1. The highest BCUT2D eigenvalue weighted by Gasteiger charge is 2.28. The fourth-order valence-corrected chi connectivity index (χ4v) is 2.99. The van der Waals surface area contributed by atoms with Crippen molar-refractivity contribution < 1.29 is 17.9 Å². The van der Waals surface area contributed by atoms with Crippen molar-refractivity contribution in [3.63, 3.8) is 0 Å². The number of carbonyl (C=O) groups is 1. The van der Waals surface area contributed by atoms with Crippen LogP contribution in [0.1, 0.15) is 19.4 Å². The van der Waals surface area contributed by atoms with Crippen molar-refractivity contribution in [2.75, 3.05) is 13.7 Å². The molecular formula is C13H19NO4S. The normalized spacial score (nSPS) is 12.8. The summed E-state index contributed by atoms with van der Waals surface area (Å²) in [5.41, 5.74) is 0.570. The molecule has 1 atom stereocenters. The molecule has 0 saturated carbocycles. The molecule has 6 heteroatoms. The van der Waals surface area contributed by atoms with Gasteiger partial charge in [-0.1, -0.05) is 18.2 Å². The van der Waals surface area contributed by atoms with Crippen LogP contribution < -0.4 is 10.1 Å². The zero-order chi connectivity index (χ0) is 14.5. The molecule has 0 saturated heterocycles. The van der Waals surface area contributed by atoms with E-state index in [1.54, 1.807) is 24.3 Å². The van der Waals surface area contributed by atoms with Gasteiger partial charge in [0.25, 0.3) is 0 Å². The molecule has 106 valence electrons. The maximum Gasteiger partial charge on any atom is 0.237 e. The van der Waals surface area contributed by atoms with E-state index in [4.69, 9.17) is 4.74 Å². The molecule has 0 unspecified atom stereocenters. The first-order chi connectivity index (χ1) is 8.92. The Balaban J connectivity index is 2.98. The van der Waals surface area contributed by atoms with Crippen molar-refractivity contribution in [3.8, 4) is 5.75 Å². The first kappa shape index (κ1) is 15.5. The topological polar surface area (TPSA) is 72.5 Å². The molecule has 1 rings (SSSR count). The van der Waals surface area contributed by atoms with Crippen LogP contribution >= 0.6 is 0 Å². The van der Waals surface area contributed by atoms with E-state index in [2.05, 4.69) is 5.32 Å². The molecule has 0 aliphatic carbocycles. The molecule has 5 nitrogen and oxygen atoms in total. The largest absolute Gasteiger partial charge is 0.494 e. The molecule has 1 aromatic carbocycles. The second kappa shape index (κ2) is 6.56. The average molecular weight is 285 g/mol. The summed E-state index contributed by atoms with van der Waals surface area (Å²) in [4.78, 5) is 11.4. The van der Waals surface area contributed by atoms with E-state index in [1.807, 2.05) is 6.92 Å². The first-order valence-electron chi connectivity index (χ1n) is 6.06. The SMILES string of the molecule is CCOc1ccccc1CS(=O)(=O)[C@@H](C)C(=O)NC. The van der Waals surface area contributed by atoms with E-state index < -0.39 is 21.0 Å². The van der Waals surface area contributed by atoms with Crippen molar-refractivity contribution in [1.29, 1.82) is 0 Å². The van der Waals surface area contributed by atoms with Gasteiger partial charge in [-0.3, -0.25) is 4.79 Å². The minimum atomic E-state index is -3.56. The smallest absolute Gasteiger partial charge is 0.237 e. The van der Waals surface area contributed by atoms with Crippen LogP contribution in [0.3, 0.4) is 0 Å². The molecule has 0 fully saturated rings. The van der Waals surface area contributed by atoms with E-state index in [1.165, 1.54) is 14.0 Å². The Kier molecular flexibility index (Phi) is 5.35. The number of hydrogen-bond acceptors (Lipinski definition) is 4. The summed E-state index contributed by atoms with van der Waals surface area (Å²) < 4.78 is 29.7. The number of hydrogen-bond donors (Lipinski definition) is 1. The number of rotatable bonds is 6. The minimum absolute atomic E-state index is 0.211. The zero-order valence-corrected chi connectivity index (χ0v) is 12.2. The number of para-hydroxylation sites is 1. The summed E-state index contributed by atoms with van der Waals surface area (Å²) in [6.45, 7) is 3.68. The maximum atomic E-state index is 12.1. The Labute approximate surface area is 113 Å². The summed E-state index contributed by atoms with van der Waals surface area (Å²) >= 11 is 0. The van der Waals surface area contributed by atoms with Gasteiger partial charge in [-0.2, -0.15) is 0 Å². The Morgan fingerprint density at radius 1 is 1.37 bits per heavy atom. The highest BCUT2D eigenvalue weighted by molar-refractivity contribution is 7.92. The fraction of sp³-hybridized carbons (Fsp3) is 0.462. The quantitative estimate of drug-likeness (QED) is 0.850. The van der Waals surface area contributed by atoms with Crippen molar-refractivity contribution in [2.45, 2.75) is 24.9 Å². The molecule has 1 amide bonds. The Morgan fingerprint density at radius 2 is 2.00 bits per heavy atom. The van der Waals surface area contributed by atoms with Crippen molar-refractivity contribution in [2.24, 2.45) is 0 Å². The second-order valence-corrected chi connectivity index (χ2v) is 6.43. The molecule has 0 spiro atoms.